The maximum atomic E-state index is 10.1. The van der Waals surface area contributed by atoms with Crippen molar-refractivity contribution in [1.82, 2.24) is 9.88 Å². The van der Waals surface area contributed by atoms with Crippen molar-refractivity contribution in [3.05, 3.63) is 77.0 Å². The summed E-state index contributed by atoms with van der Waals surface area (Å²) in [6, 6.07) is 18.2. The van der Waals surface area contributed by atoms with Gasteiger partial charge in [0.15, 0.2) is 0 Å². The van der Waals surface area contributed by atoms with Gasteiger partial charge in [-0.05, 0) is 66.9 Å². The summed E-state index contributed by atoms with van der Waals surface area (Å²) in [6.07, 6.45) is 0.915. The Morgan fingerprint density at radius 1 is 1.04 bits per heavy atom. The van der Waals surface area contributed by atoms with E-state index in [1.54, 1.807) is 6.07 Å². The lowest BCUT2D eigenvalue weighted by molar-refractivity contribution is 0.359. The Kier molecular flexibility index (Phi) is 4.27. The minimum atomic E-state index is -0.00643. The summed E-state index contributed by atoms with van der Waals surface area (Å²) in [4.78, 5) is 7.23. The van der Waals surface area contributed by atoms with Gasteiger partial charge in [0.1, 0.15) is 5.75 Å². The number of aromatic nitrogens is 1. The van der Waals surface area contributed by atoms with Crippen LogP contribution in [0, 0.1) is 5.41 Å². The highest BCUT2D eigenvalue weighted by Gasteiger charge is 2.35. The molecule has 1 aliphatic rings. The van der Waals surface area contributed by atoms with Crippen LogP contribution in [0.4, 0.5) is 0 Å². The van der Waals surface area contributed by atoms with Crippen molar-refractivity contribution in [2.45, 2.75) is 20.3 Å². The van der Waals surface area contributed by atoms with Crippen LogP contribution < -0.4 is 0 Å². The van der Waals surface area contributed by atoms with Crippen LogP contribution in [0.15, 0.2) is 60.2 Å². The molecule has 0 fully saturated rings. The molecule has 27 heavy (non-hydrogen) atoms. The van der Waals surface area contributed by atoms with E-state index in [1.165, 1.54) is 16.7 Å². The molecule has 0 aliphatic heterocycles. The number of phenols is 1. The van der Waals surface area contributed by atoms with Crippen LogP contribution in [0.2, 0.25) is 0 Å². The summed E-state index contributed by atoms with van der Waals surface area (Å²) in [7, 11) is 4.22. The molecule has 3 heteroatoms. The average Bonchev–Trinajstić information content (AvgIpc) is 2.60. The third-order valence-electron chi connectivity index (χ3n) is 5.41. The molecule has 0 bridgehead atoms. The highest BCUT2D eigenvalue weighted by Crippen LogP contribution is 2.45. The molecule has 2 aromatic carbocycles. The van der Waals surface area contributed by atoms with E-state index in [-0.39, 0.29) is 5.41 Å². The van der Waals surface area contributed by atoms with Crippen molar-refractivity contribution in [3.63, 3.8) is 0 Å². The van der Waals surface area contributed by atoms with E-state index in [0.717, 1.165) is 35.1 Å². The smallest absolute Gasteiger partial charge is 0.116 e. The highest BCUT2D eigenvalue weighted by molar-refractivity contribution is 5.91. The van der Waals surface area contributed by atoms with Gasteiger partial charge in [-0.1, -0.05) is 44.2 Å². The Bertz CT molecular complexity index is 1050. The van der Waals surface area contributed by atoms with E-state index < -0.39 is 0 Å². The van der Waals surface area contributed by atoms with Gasteiger partial charge in [0.25, 0.3) is 0 Å². The number of para-hydroxylation sites is 1. The van der Waals surface area contributed by atoms with Gasteiger partial charge in [-0.2, -0.15) is 0 Å². The standard InChI is InChI=1S/C24H26N2O/c1-24(2)14-22-19(13-16-8-5-6-11-21(16)25-22)23(20(24)15-26(3)4)17-9-7-10-18(27)12-17/h5-13,27H,14-15H2,1-4H3. The van der Waals surface area contributed by atoms with Crippen molar-refractivity contribution in [1.29, 1.82) is 0 Å². The Hall–Kier alpha value is -2.65. The lowest BCUT2D eigenvalue weighted by atomic mass is 9.69. The van der Waals surface area contributed by atoms with Crippen molar-refractivity contribution in [2.24, 2.45) is 5.41 Å². The molecular formula is C24H26N2O. The predicted octanol–water partition coefficient (Wildman–Crippen LogP) is 4.89. The van der Waals surface area contributed by atoms with Gasteiger partial charge in [0.2, 0.25) is 0 Å². The van der Waals surface area contributed by atoms with Crippen LogP contribution >= 0.6 is 0 Å². The molecule has 0 unspecified atom stereocenters. The molecule has 0 radical (unpaired) electrons. The van der Waals surface area contributed by atoms with E-state index in [0.29, 0.717) is 5.75 Å². The summed E-state index contributed by atoms with van der Waals surface area (Å²) in [5.41, 5.74) is 7.02. The fourth-order valence-electron chi connectivity index (χ4n) is 4.13. The molecule has 0 amide bonds. The zero-order chi connectivity index (χ0) is 19.2. The average molecular weight is 358 g/mol. The first kappa shape index (κ1) is 17.7. The lowest BCUT2D eigenvalue weighted by Gasteiger charge is -2.38. The first-order valence-corrected chi connectivity index (χ1v) is 9.42. The van der Waals surface area contributed by atoms with Gasteiger partial charge in [-0.15, -0.1) is 0 Å². The maximum Gasteiger partial charge on any atom is 0.116 e. The largest absolute Gasteiger partial charge is 0.508 e. The van der Waals surface area contributed by atoms with E-state index in [2.05, 4.69) is 63.2 Å². The second-order valence-electron chi connectivity index (χ2n) is 8.38. The highest BCUT2D eigenvalue weighted by atomic mass is 16.3. The summed E-state index contributed by atoms with van der Waals surface area (Å²) in [5.74, 6) is 0.294. The van der Waals surface area contributed by atoms with Gasteiger partial charge in [0.05, 0.1) is 5.52 Å². The number of hydrogen-bond donors (Lipinski definition) is 1. The maximum absolute atomic E-state index is 10.1. The molecule has 138 valence electrons. The van der Waals surface area contributed by atoms with Gasteiger partial charge in [-0.25, -0.2) is 0 Å². The number of benzene rings is 2. The van der Waals surface area contributed by atoms with Crippen molar-refractivity contribution in [2.75, 3.05) is 20.6 Å². The van der Waals surface area contributed by atoms with E-state index in [1.807, 2.05) is 18.2 Å². The number of rotatable bonds is 3. The van der Waals surface area contributed by atoms with Crippen LogP contribution in [0.1, 0.15) is 30.7 Å². The van der Waals surface area contributed by atoms with Crippen molar-refractivity contribution in [3.8, 4) is 5.75 Å². The molecule has 0 atom stereocenters. The Labute approximate surface area is 161 Å². The summed E-state index contributed by atoms with van der Waals surface area (Å²) in [6.45, 7) is 5.48. The Morgan fingerprint density at radius 2 is 1.81 bits per heavy atom. The molecule has 0 saturated heterocycles. The van der Waals surface area contributed by atoms with Gasteiger partial charge in [-0.3, -0.25) is 4.98 Å². The van der Waals surface area contributed by atoms with Crippen LogP contribution in [-0.4, -0.2) is 35.6 Å². The first-order chi connectivity index (χ1) is 12.8. The van der Waals surface area contributed by atoms with Crippen LogP contribution in [0.3, 0.4) is 0 Å². The first-order valence-electron chi connectivity index (χ1n) is 9.42. The van der Waals surface area contributed by atoms with Gasteiger partial charge >= 0.3 is 0 Å². The third-order valence-corrected chi connectivity index (χ3v) is 5.41. The fraction of sp³-hybridized carbons (Fsp3) is 0.292. The topological polar surface area (TPSA) is 36.4 Å². The van der Waals surface area contributed by atoms with E-state index in [4.69, 9.17) is 4.98 Å². The monoisotopic (exact) mass is 358 g/mol. The number of likely N-dealkylation sites (N-methyl/N-ethyl adjacent to an activating group) is 1. The van der Waals surface area contributed by atoms with Gasteiger partial charge in [0, 0.05) is 23.2 Å². The quantitative estimate of drug-likeness (QED) is 0.724. The molecule has 1 N–H and O–H groups in total. The van der Waals surface area contributed by atoms with Gasteiger partial charge < -0.3 is 10.0 Å². The zero-order valence-corrected chi connectivity index (χ0v) is 16.5. The SMILES string of the molecule is CN(C)CC1=C(c2cccc(O)c2)c2cc3ccccc3nc2CC1(C)C. The Balaban J connectivity index is 2.06. The number of aromatic hydroxyl groups is 1. The number of nitrogens with zero attached hydrogens (tertiary/aromatic N) is 2. The lowest BCUT2D eigenvalue weighted by Crippen LogP contribution is -2.32. The number of hydrogen-bond acceptors (Lipinski definition) is 3. The molecular weight excluding hydrogens is 332 g/mol. The number of fused-ring (bicyclic) bond motifs is 2. The summed E-state index contributed by atoms with van der Waals surface area (Å²) >= 11 is 0. The molecule has 1 aromatic heterocycles. The Morgan fingerprint density at radius 3 is 2.56 bits per heavy atom. The predicted molar refractivity (Wildman–Crippen MR) is 112 cm³/mol. The van der Waals surface area contributed by atoms with E-state index >= 15 is 0 Å². The molecule has 4 rings (SSSR count). The van der Waals surface area contributed by atoms with E-state index in [9.17, 15) is 5.11 Å². The zero-order valence-electron chi connectivity index (χ0n) is 16.5. The summed E-state index contributed by atoms with van der Waals surface area (Å²) < 4.78 is 0. The molecule has 1 heterocycles. The minimum Gasteiger partial charge on any atom is -0.508 e. The molecule has 3 nitrogen and oxygen atoms in total. The number of phenolic OH excluding ortho intramolecular Hbond substituents is 1. The molecule has 3 aromatic rings. The fourth-order valence-corrected chi connectivity index (χ4v) is 4.13. The third kappa shape index (κ3) is 3.24. The van der Waals surface area contributed by atoms with Crippen molar-refractivity contribution < 1.29 is 5.11 Å². The second kappa shape index (κ2) is 6.50. The minimum absolute atomic E-state index is 0.00643. The normalized spacial score (nSPS) is 16.0. The number of pyridine rings is 1. The molecule has 1 aliphatic carbocycles. The molecule has 0 saturated carbocycles. The van der Waals surface area contributed by atoms with Crippen LogP contribution in [0.5, 0.6) is 5.75 Å². The van der Waals surface area contributed by atoms with Crippen molar-refractivity contribution >= 4 is 16.5 Å². The summed E-state index contributed by atoms with van der Waals surface area (Å²) in [5, 5.41) is 11.3. The van der Waals surface area contributed by atoms with Crippen LogP contribution in [0.25, 0.3) is 16.5 Å². The molecule has 0 spiro atoms. The second-order valence-corrected chi connectivity index (χ2v) is 8.38. The van der Waals surface area contributed by atoms with Crippen LogP contribution in [-0.2, 0) is 6.42 Å².